The molecule has 0 radical (unpaired) electrons. The van der Waals surface area contributed by atoms with Crippen molar-refractivity contribution in [1.82, 2.24) is 0 Å². The average molecular weight is 204 g/mol. The number of hydrogen-bond donors (Lipinski definition) is 0. The van der Waals surface area contributed by atoms with Crippen LogP contribution in [0.25, 0.3) is 0 Å². The first-order chi connectivity index (χ1) is 7.29. The lowest BCUT2D eigenvalue weighted by Crippen LogP contribution is -2.09. The van der Waals surface area contributed by atoms with Gasteiger partial charge < -0.3 is 9.47 Å². The van der Waals surface area contributed by atoms with Crippen LogP contribution in [0.1, 0.15) is 25.0 Å². The molecular formula is C13H16O2. The van der Waals surface area contributed by atoms with Crippen molar-refractivity contribution in [3.8, 4) is 5.75 Å². The quantitative estimate of drug-likeness (QED) is 0.689. The van der Waals surface area contributed by atoms with Crippen LogP contribution in [0.15, 0.2) is 35.9 Å². The summed E-state index contributed by atoms with van der Waals surface area (Å²) >= 11 is 0. The Balaban J connectivity index is 2.18. The molecule has 1 aromatic rings. The van der Waals surface area contributed by atoms with Crippen LogP contribution in [0.4, 0.5) is 0 Å². The maximum atomic E-state index is 5.69. The average Bonchev–Trinajstić information content (AvgIpc) is 2.29. The molecule has 0 aliphatic carbocycles. The number of ether oxygens (including phenoxy) is 2. The largest absolute Gasteiger partial charge is 0.497 e. The Morgan fingerprint density at radius 3 is 2.60 bits per heavy atom. The molecule has 0 N–H and O–H groups in total. The van der Waals surface area contributed by atoms with Crippen molar-refractivity contribution < 1.29 is 9.47 Å². The lowest BCUT2D eigenvalue weighted by atomic mass is 10.0. The molecule has 1 aliphatic rings. The van der Waals surface area contributed by atoms with E-state index in [4.69, 9.17) is 9.47 Å². The monoisotopic (exact) mass is 204 g/mol. The predicted molar refractivity (Wildman–Crippen MR) is 60.1 cm³/mol. The van der Waals surface area contributed by atoms with Crippen molar-refractivity contribution >= 4 is 0 Å². The zero-order valence-electron chi connectivity index (χ0n) is 9.19. The Labute approximate surface area is 90.5 Å². The highest BCUT2D eigenvalue weighted by molar-refractivity contribution is 5.31. The van der Waals surface area contributed by atoms with Gasteiger partial charge in [0.15, 0.2) is 0 Å². The van der Waals surface area contributed by atoms with Gasteiger partial charge in [-0.1, -0.05) is 23.8 Å². The summed E-state index contributed by atoms with van der Waals surface area (Å²) in [5, 5.41) is 0. The molecule has 2 rings (SSSR count). The van der Waals surface area contributed by atoms with Gasteiger partial charge in [-0.3, -0.25) is 0 Å². The van der Waals surface area contributed by atoms with E-state index < -0.39 is 0 Å². The number of benzene rings is 1. The first-order valence-electron chi connectivity index (χ1n) is 5.22. The van der Waals surface area contributed by atoms with Gasteiger partial charge >= 0.3 is 0 Å². The van der Waals surface area contributed by atoms with E-state index in [2.05, 4.69) is 25.1 Å². The van der Waals surface area contributed by atoms with Gasteiger partial charge in [0.1, 0.15) is 11.9 Å². The molecule has 1 atom stereocenters. The van der Waals surface area contributed by atoms with Crippen LogP contribution in [-0.4, -0.2) is 13.7 Å². The van der Waals surface area contributed by atoms with E-state index in [0.717, 1.165) is 18.8 Å². The molecule has 1 aromatic carbocycles. The van der Waals surface area contributed by atoms with Gasteiger partial charge in [-0.15, -0.1) is 0 Å². The third-order valence-electron chi connectivity index (χ3n) is 2.67. The third-order valence-corrected chi connectivity index (χ3v) is 2.67. The lowest BCUT2D eigenvalue weighted by molar-refractivity contribution is 0.0768. The molecule has 15 heavy (non-hydrogen) atoms. The fourth-order valence-corrected chi connectivity index (χ4v) is 1.72. The molecule has 1 unspecified atom stereocenters. The molecule has 2 nitrogen and oxygen atoms in total. The minimum absolute atomic E-state index is 0.115. The Morgan fingerprint density at radius 1 is 1.27 bits per heavy atom. The van der Waals surface area contributed by atoms with Crippen LogP contribution >= 0.6 is 0 Å². The molecule has 80 valence electrons. The molecule has 0 saturated carbocycles. The van der Waals surface area contributed by atoms with Gasteiger partial charge in [-0.2, -0.15) is 0 Å². The van der Waals surface area contributed by atoms with Gasteiger partial charge in [0.2, 0.25) is 0 Å². The van der Waals surface area contributed by atoms with E-state index in [1.54, 1.807) is 7.11 Å². The van der Waals surface area contributed by atoms with Crippen LogP contribution in [-0.2, 0) is 4.74 Å². The first-order valence-corrected chi connectivity index (χ1v) is 5.22. The summed E-state index contributed by atoms with van der Waals surface area (Å²) in [5.41, 5.74) is 2.59. The van der Waals surface area contributed by atoms with Gasteiger partial charge in [0.25, 0.3) is 0 Å². The van der Waals surface area contributed by atoms with Crippen LogP contribution in [0.5, 0.6) is 5.75 Å². The molecule has 0 saturated heterocycles. The highest BCUT2D eigenvalue weighted by Crippen LogP contribution is 2.26. The summed E-state index contributed by atoms with van der Waals surface area (Å²) in [6, 6.07) is 8.05. The molecule has 1 heterocycles. The van der Waals surface area contributed by atoms with Crippen molar-refractivity contribution in [3.05, 3.63) is 41.5 Å². The number of methoxy groups -OCH3 is 1. The smallest absolute Gasteiger partial charge is 0.118 e. The summed E-state index contributed by atoms with van der Waals surface area (Å²) in [5.74, 6) is 0.885. The summed E-state index contributed by atoms with van der Waals surface area (Å²) in [7, 11) is 1.68. The van der Waals surface area contributed by atoms with Crippen molar-refractivity contribution in [2.45, 2.75) is 19.4 Å². The predicted octanol–water partition coefficient (Wildman–Crippen LogP) is 3.10. The second-order valence-corrected chi connectivity index (χ2v) is 3.83. The van der Waals surface area contributed by atoms with Gasteiger partial charge in [0, 0.05) is 0 Å². The molecule has 2 heteroatoms. The van der Waals surface area contributed by atoms with Gasteiger partial charge in [0.05, 0.1) is 13.7 Å². The van der Waals surface area contributed by atoms with E-state index in [1.807, 2.05) is 12.1 Å². The minimum atomic E-state index is 0.115. The Morgan fingerprint density at radius 2 is 2.00 bits per heavy atom. The van der Waals surface area contributed by atoms with Crippen molar-refractivity contribution in [3.63, 3.8) is 0 Å². The zero-order chi connectivity index (χ0) is 10.7. The van der Waals surface area contributed by atoms with Crippen molar-refractivity contribution in [2.24, 2.45) is 0 Å². The lowest BCUT2D eigenvalue weighted by Gasteiger charge is -2.20. The fraction of sp³-hybridized carbons (Fsp3) is 0.385. The third kappa shape index (κ3) is 2.39. The molecule has 0 amide bonds. The van der Waals surface area contributed by atoms with Crippen LogP contribution in [0, 0.1) is 0 Å². The summed E-state index contributed by atoms with van der Waals surface area (Å²) < 4.78 is 10.8. The summed E-state index contributed by atoms with van der Waals surface area (Å²) in [4.78, 5) is 0. The maximum Gasteiger partial charge on any atom is 0.118 e. The van der Waals surface area contributed by atoms with Crippen LogP contribution in [0.3, 0.4) is 0 Å². The second-order valence-electron chi connectivity index (χ2n) is 3.83. The number of hydrogen-bond acceptors (Lipinski definition) is 2. The van der Waals surface area contributed by atoms with Crippen LogP contribution in [0.2, 0.25) is 0 Å². The normalized spacial score (nSPS) is 20.9. The molecule has 1 aliphatic heterocycles. The highest BCUT2D eigenvalue weighted by atomic mass is 16.5. The molecule has 0 fully saturated rings. The standard InChI is InChI=1S/C13H16O2/c1-10-7-8-15-13(9-10)11-3-5-12(14-2)6-4-11/h3-6,9,13H,7-8H2,1-2H3. The highest BCUT2D eigenvalue weighted by Gasteiger charge is 2.13. The zero-order valence-corrected chi connectivity index (χ0v) is 9.19. The SMILES string of the molecule is COc1ccc(C2C=C(C)CCO2)cc1. The Hall–Kier alpha value is -1.28. The van der Waals surface area contributed by atoms with E-state index >= 15 is 0 Å². The fourth-order valence-electron chi connectivity index (χ4n) is 1.72. The van der Waals surface area contributed by atoms with E-state index in [1.165, 1.54) is 11.1 Å². The minimum Gasteiger partial charge on any atom is -0.497 e. The van der Waals surface area contributed by atoms with E-state index in [9.17, 15) is 0 Å². The van der Waals surface area contributed by atoms with Crippen LogP contribution < -0.4 is 4.74 Å². The van der Waals surface area contributed by atoms with E-state index in [-0.39, 0.29) is 6.10 Å². The van der Waals surface area contributed by atoms with Gasteiger partial charge in [-0.25, -0.2) is 0 Å². The molecule has 0 spiro atoms. The van der Waals surface area contributed by atoms with E-state index in [0.29, 0.717) is 0 Å². The van der Waals surface area contributed by atoms with Crippen molar-refractivity contribution in [1.29, 1.82) is 0 Å². The molecule has 0 aromatic heterocycles. The summed E-state index contributed by atoms with van der Waals surface area (Å²) in [6.07, 6.45) is 3.35. The van der Waals surface area contributed by atoms with Gasteiger partial charge in [-0.05, 0) is 31.0 Å². The Kier molecular flexibility index (Phi) is 3.07. The molecule has 0 bridgehead atoms. The maximum absolute atomic E-state index is 5.69. The Bertz CT molecular complexity index is 351. The topological polar surface area (TPSA) is 18.5 Å². The first kappa shape index (κ1) is 10.2. The summed E-state index contributed by atoms with van der Waals surface area (Å²) in [6.45, 7) is 2.97. The molecular weight excluding hydrogens is 188 g/mol. The van der Waals surface area contributed by atoms with Crippen molar-refractivity contribution in [2.75, 3.05) is 13.7 Å². The second kappa shape index (κ2) is 4.49. The number of rotatable bonds is 2.